The minimum absolute atomic E-state index is 0.00220. The van der Waals surface area contributed by atoms with Crippen molar-refractivity contribution in [3.05, 3.63) is 50.2 Å². The summed E-state index contributed by atoms with van der Waals surface area (Å²) in [6, 6.07) is 5.54. The van der Waals surface area contributed by atoms with Gasteiger partial charge < -0.3 is 15.7 Å². The maximum Gasteiger partial charge on any atom is 0.273 e. The van der Waals surface area contributed by atoms with Crippen molar-refractivity contribution < 1.29 is 14.7 Å². The summed E-state index contributed by atoms with van der Waals surface area (Å²) >= 11 is 9.68. The van der Waals surface area contributed by atoms with Crippen LogP contribution in [0.2, 0.25) is 5.02 Å². The van der Waals surface area contributed by atoms with Crippen molar-refractivity contribution in [1.82, 2.24) is 20.8 Å². The number of fused-ring (bicyclic) bond motifs is 3. The Morgan fingerprint density at radius 2 is 2.10 bits per heavy atom. The maximum absolute atomic E-state index is 12.9. The van der Waals surface area contributed by atoms with Crippen LogP contribution in [0.3, 0.4) is 0 Å². The van der Waals surface area contributed by atoms with Crippen molar-refractivity contribution in [2.75, 3.05) is 0 Å². The highest BCUT2D eigenvalue weighted by Gasteiger charge is 2.60. The first-order valence-corrected chi connectivity index (χ1v) is 11.3. The van der Waals surface area contributed by atoms with E-state index in [4.69, 9.17) is 11.6 Å². The van der Waals surface area contributed by atoms with E-state index in [9.17, 15) is 14.7 Å². The lowest BCUT2D eigenvalue weighted by atomic mass is 10.0. The highest BCUT2D eigenvalue weighted by atomic mass is 79.9. The summed E-state index contributed by atoms with van der Waals surface area (Å²) in [6.07, 6.45) is 1.07. The molecule has 5 rings (SSSR count). The second kappa shape index (κ2) is 7.35. The number of aryl methyl sites for hydroxylation is 1. The highest BCUT2D eigenvalue weighted by molar-refractivity contribution is 9.10. The van der Waals surface area contributed by atoms with Crippen LogP contribution in [-0.2, 0) is 11.2 Å². The van der Waals surface area contributed by atoms with Gasteiger partial charge in [0.25, 0.3) is 5.91 Å². The van der Waals surface area contributed by atoms with E-state index in [1.807, 2.05) is 12.1 Å². The number of aromatic nitrogens is 2. The van der Waals surface area contributed by atoms with Gasteiger partial charge in [0.1, 0.15) is 0 Å². The number of rotatable bonds is 4. The molecule has 0 saturated heterocycles. The fraction of sp³-hybridized carbons (Fsp3) is 0.476. The van der Waals surface area contributed by atoms with E-state index in [0.29, 0.717) is 29.5 Å². The molecule has 1 aromatic carbocycles. The van der Waals surface area contributed by atoms with E-state index >= 15 is 0 Å². The third-order valence-corrected chi connectivity index (χ3v) is 7.91. The minimum Gasteiger partial charge on any atom is -0.391 e. The predicted molar refractivity (Wildman–Crippen MR) is 114 cm³/mol. The lowest BCUT2D eigenvalue weighted by Gasteiger charge is -2.17. The first kappa shape index (κ1) is 20.0. The Hall–Kier alpha value is -1.90. The fourth-order valence-electron chi connectivity index (χ4n) is 5.14. The average molecular weight is 494 g/mol. The molecular formula is C21H22BrClN4O3. The molecule has 1 aromatic heterocycles. The molecule has 3 unspecified atom stereocenters. The summed E-state index contributed by atoms with van der Waals surface area (Å²) in [5.41, 5.74) is 3.35. The predicted octanol–water partition coefficient (Wildman–Crippen LogP) is 2.46. The monoisotopic (exact) mass is 492 g/mol. The summed E-state index contributed by atoms with van der Waals surface area (Å²) in [4.78, 5) is 25.3. The molecule has 6 atom stereocenters. The van der Waals surface area contributed by atoms with Gasteiger partial charge in [0.15, 0.2) is 5.69 Å². The number of benzene rings is 1. The second-order valence-electron chi connectivity index (χ2n) is 8.56. The minimum atomic E-state index is -0.698. The summed E-state index contributed by atoms with van der Waals surface area (Å²) in [5, 5.41) is 23.2. The topological polar surface area (TPSA) is 107 Å². The Bertz CT molecular complexity index is 1040. The molecule has 2 fully saturated rings. The first-order valence-electron chi connectivity index (χ1n) is 10.1. The van der Waals surface area contributed by atoms with Crippen LogP contribution in [0, 0.1) is 18.8 Å². The number of nitrogens with zero attached hydrogens (tertiary/aromatic N) is 1. The number of amides is 2. The number of nitrogens with one attached hydrogen (secondary N) is 3. The van der Waals surface area contributed by atoms with Gasteiger partial charge in [-0.2, -0.15) is 5.10 Å². The molecule has 0 radical (unpaired) electrons. The third-order valence-electron chi connectivity index (χ3n) is 6.70. The lowest BCUT2D eigenvalue weighted by Crippen LogP contribution is -2.41. The number of aliphatic hydroxyl groups is 1. The smallest absolute Gasteiger partial charge is 0.273 e. The molecule has 1 heterocycles. The van der Waals surface area contributed by atoms with Gasteiger partial charge in [-0.05, 0) is 55.2 Å². The molecule has 0 aliphatic heterocycles. The second-order valence-corrected chi connectivity index (χ2v) is 9.79. The fourth-order valence-corrected chi connectivity index (χ4v) is 5.85. The van der Waals surface area contributed by atoms with Crippen LogP contribution in [0.5, 0.6) is 0 Å². The van der Waals surface area contributed by atoms with Gasteiger partial charge in [0.05, 0.1) is 22.9 Å². The molecule has 4 N–H and O–H groups in total. The Kier molecular flexibility index (Phi) is 4.91. The average Bonchev–Trinajstić information content (AvgIpc) is 2.91. The molecule has 3 aliphatic rings. The molecule has 30 heavy (non-hydrogen) atoms. The highest BCUT2D eigenvalue weighted by Crippen LogP contribution is 2.62. The zero-order valence-corrected chi connectivity index (χ0v) is 18.6. The number of carbonyl (C=O) groups is 2. The normalized spacial score (nSPS) is 31.2. The Balaban J connectivity index is 1.18. The molecule has 7 nitrogen and oxygen atoms in total. The van der Waals surface area contributed by atoms with Gasteiger partial charge in [0, 0.05) is 16.4 Å². The van der Waals surface area contributed by atoms with Gasteiger partial charge in [-0.3, -0.25) is 14.7 Å². The molecule has 3 aliphatic carbocycles. The van der Waals surface area contributed by atoms with Crippen molar-refractivity contribution in [3.8, 4) is 0 Å². The van der Waals surface area contributed by atoms with Crippen LogP contribution < -0.4 is 10.6 Å². The van der Waals surface area contributed by atoms with Crippen molar-refractivity contribution in [2.24, 2.45) is 11.8 Å². The third kappa shape index (κ3) is 3.25. The van der Waals surface area contributed by atoms with Gasteiger partial charge in [-0.15, -0.1) is 0 Å². The first-order chi connectivity index (χ1) is 14.3. The summed E-state index contributed by atoms with van der Waals surface area (Å²) in [6.45, 7) is 1.74. The van der Waals surface area contributed by atoms with Gasteiger partial charge >= 0.3 is 0 Å². The number of halogens is 2. The van der Waals surface area contributed by atoms with Crippen LogP contribution >= 0.6 is 27.5 Å². The molecule has 2 aromatic rings. The standard InChI is InChI=1S/C21H22BrClN4O3/c1-8-18(23)19(27-26-8)21(30)24-9-5-14(15(28)6-9)25-20(29)17-12-7-11-10(16(12)17)3-2-4-13(11)22/h2-4,9,12,14-17,28H,5-7H2,1H3,(H,24,30)(H,25,29)(H,26,27)/t9-,12?,14-,15-,16?,17?/m0/s1. The summed E-state index contributed by atoms with van der Waals surface area (Å²) in [7, 11) is 0. The van der Waals surface area contributed by atoms with Crippen LogP contribution in [0.25, 0.3) is 0 Å². The Labute approximate surface area is 187 Å². The zero-order valence-electron chi connectivity index (χ0n) is 16.3. The number of aromatic amines is 1. The Morgan fingerprint density at radius 1 is 1.30 bits per heavy atom. The van der Waals surface area contributed by atoms with Crippen molar-refractivity contribution in [3.63, 3.8) is 0 Å². The number of H-pyrrole nitrogens is 1. The van der Waals surface area contributed by atoms with E-state index < -0.39 is 6.10 Å². The number of aliphatic hydroxyl groups excluding tert-OH is 1. The molecule has 2 saturated carbocycles. The lowest BCUT2D eigenvalue weighted by molar-refractivity contribution is -0.124. The van der Waals surface area contributed by atoms with Crippen molar-refractivity contribution >= 4 is 39.3 Å². The van der Waals surface area contributed by atoms with Crippen LogP contribution in [0.15, 0.2) is 22.7 Å². The maximum atomic E-state index is 12.9. The molecule has 0 bridgehead atoms. The van der Waals surface area contributed by atoms with Crippen LogP contribution in [-0.4, -0.2) is 45.3 Å². The molecule has 9 heteroatoms. The van der Waals surface area contributed by atoms with E-state index in [1.54, 1.807) is 6.92 Å². The van der Waals surface area contributed by atoms with E-state index in [1.165, 1.54) is 11.1 Å². The van der Waals surface area contributed by atoms with E-state index in [0.717, 1.165) is 10.9 Å². The van der Waals surface area contributed by atoms with Gasteiger partial charge in [-0.1, -0.05) is 39.7 Å². The molecule has 2 amide bonds. The van der Waals surface area contributed by atoms with E-state index in [-0.39, 0.29) is 41.4 Å². The van der Waals surface area contributed by atoms with Crippen LogP contribution in [0.1, 0.15) is 46.1 Å². The number of hydrogen-bond donors (Lipinski definition) is 4. The summed E-state index contributed by atoms with van der Waals surface area (Å²) in [5.74, 6) is 0.206. The number of hydrogen-bond acceptors (Lipinski definition) is 4. The quantitative estimate of drug-likeness (QED) is 0.525. The Morgan fingerprint density at radius 3 is 2.83 bits per heavy atom. The van der Waals surface area contributed by atoms with Crippen molar-refractivity contribution in [2.45, 2.75) is 50.3 Å². The van der Waals surface area contributed by atoms with E-state index in [2.05, 4.69) is 42.8 Å². The van der Waals surface area contributed by atoms with Crippen LogP contribution in [0.4, 0.5) is 0 Å². The SMILES string of the molecule is Cc1[nH]nc(C(=O)N[C@H]2C[C@H](NC(=O)C3C4Cc5c(Br)cccc5C43)[C@@H](O)C2)c1Cl. The molecule has 0 spiro atoms. The number of carbonyl (C=O) groups excluding carboxylic acids is 2. The largest absolute Gasteiger partial charge is 0.391 e. The summed E-state index contributed by atoms with van der Waals surface area (Å²) < 4.78 is 1.11. The zero-order chi connectivity index (χ0) is 21.2. The molecular weight excluding hydrogens is 472 g/mol. The molecule has 158 valence electrons. The van der Waals surface area contributed by atoms with Crippen molar-refractivity contribution in [1.29, 1.82) is 0 Å². The van der Waals surface area contributed by atoms with Gasteiger partial charge in [0.2, 0.25) is 5.91 Å². The van der Waals surface area contributed by atoms with Gasteiger partial charge in [-0.25, -0.2) is 0 Å².